The number of fused-ring (bicyclic) bond motifs is 1. The highest BCUT2D eigenvalue weighted by Crippen LogP contribution is 2.34. The third-order valence-electron chi connectivity index (χ3n) is 6.69. The van der Waals surface area contributed by atoms with E-state index >= 15 is 0 Å². The number of Topliss-reactive ketones (excluding diaryl/α,β-unsaturated/α-hetero) is 1. The summed E-state index contributed by atoms with van der Waals surface area (Å²) >= 11 is 0. The first-order valence-corrected chi connectivity index (χ1v) is 13.6. The summed E-state index contributed by atoms with van der Waals surface area (Å²) in [5.41, 5.74) is -1.23. The molecule has 35 heavy (non-hydrogen) atoms. The van der Waals surface area contributed by atoms with E-state index < -0.39 is 29.2 Å². The molecule has 0 aromatic carbocycles. The molecule has 0 spiro atoms. The number of aliphatic hydroxyl groups is 1. The third kappa shape index (κ3) is 9.40. The first kappa shape index (κ1) is 29.0. The van der Waals surface area contributed by atoms with Gasteiger partial charge in [-0.05, 0) is 38.0 Å². The maximum Gasteiger partial charge on any atom is 0.307 e. The summed E-state index contributed by atoms with van der Waals surface area (Å²) in [7, 11) is 0. The number of hydrogen-bond donors (Lipinski definition) is 1. The zero-order valence-corrected chi connectivity index (χ0v) is 21.9. The second kappa shape index (κ2) is 15.0. The maximum atomic E-state index is 13.0. The molecule has 0 unspecified atom stereocenters. The van der Waals surface area contributed by atoms with Gasteiger partial charge in [-0.1, -0.05) is 84.0 Å². The van der Waals surface area contributed by atoms with Crippen molar-refractivity contribution in [1.29, 1.82) is 0 Å². The lowest BCUT2D eigenvalue weighted by Crippen LogP contribution is -2.50. The van der Waals surface area contributed by atoms with Gasteiger partial charge in [0.15, 0.2) is 0 Å². The fraction of sp³-hybridized carbons (Fsp3) is 0.690. The zero-order chi connectivity index (χ0) is 25.7. The largest absolute Gasteiger partial charge is 0.468 e. The molecule has 2 rings (SSSR count). The average molecular weight is 489 g/mol. The molecule has 1 heterocycles. The predicted molar refractivity (Wildman–Crippen MR) is 136 cm³/mol. The van der Waals surface area contributed by atoms with Gasteiger partial charge in [0.05, 0.1) is 11.7 Å². The third-order valence-corrected chi connectivity index (χ3v) is 6.69. The highest BCUT2D eigenvalue weighted by molar-refractivity contribution is 6.26. The van der Waals surface area contributed by atoms with Gasteiger partial charge in [0, 0.05) is 12.8 Å². The Kier molecular flexibility index (Phi) is 12.5. The first-order valence-electron chi connectivity index (χ1n) is 13.6. The highest BCUT2D eigenvalue weighted by atomic mass is 16.6. The van der Waals surface area contributed by atoms with Crippen LogP contribution in [0.1, 0.15) is 117 Å². The lowest BCUT2D eigenvalue weighted by atomic mass is 9.80. The van der Waals surface area contributed by atoms with E-state index in [-0.39, 0.29) is 18.4 Å². The van der Waals surface area contributed by atoms with Crippen molar-refractivity contribution in [2.45, 2.75) is 129 Å². The molecule has 1 aliphatic heterocycles. The molecule has 0 bridgehead atoms. The molecule has 2 aliphatic rings. The van der Waals surface area contributed by atoms with Gasteiger partial charge >= 0.3 is 5.97 Å². The summed E-state index contributed by atoms with van der Waals surface area (Å²) < 4.78 is 10.9. The van der Waals surface area contributed by atoms with E-state index in [1.807, 2.05) is 0 Å². The Balaban J connectivity index is 1.66. The lowest BCUT2D eigenvalue weighted by Gasteiger charge is -2.31. The predicted octanol–water partition coefficient (Wildman–Crippen LogP) is 6.42. The van der Waals surface area contributed by atoms with Gasteiger partial charge < -0.3 is 14.6 Å². The van der Waals surface area contributed by atoms with Crippen molar-refractivity contribution in [1.82, 2.24) is 0 Å². The van der Waals surface area contributed by atoms with E-state index in [1.54, 1.807) is 13.0 Å². The summed E-state index contributed by atoms with van der Waals surface area (Å²) in [5.74, 6) is -1.19. The topological polar surface area (TPSA) is 89.9 Å². The van der Waals surface area contributed by atoms with Crippen LogP contribution in [0.2, 0.25) is 0 Å². The molecule has 1 N–H and O–H groups in total. The Hall–Kier alpha value is -2.21. The Morgan fingerprint density at radius 2 is 1.49 bits per heavy atom. The van der Waals surface area contributed by atoms with Crippen LogP contribution in [0, 0.1) is 0 Å². The molecule has 0 aromatic rings. The van der Waals surface area contributed by atoms with E-state index in [9.17, 15) is 19.5 Å². The van der Waals surface area contributed by atoms with Gasteiger partial charge in [-0.2, -0.15) is 0 Å². The minimum atomic E-state index is -1.86. The molecular weight excluding hydrogens is 444 g/mol. The van der Waals surface area contributed by atoms with Gasteiger partial charge in [-0.25, -0.2) is 0 Å². The second-order valence-electron chi connectivity index (χ2n) is 10.1. The number of unbranched alkanes of at least 4 members (excludes halogenated alkanes) is 12. The number of ether oxygens (including phenoxy) is 2. The Morgan fingerprint density at radius 1 is 0.943 bits per heavy atom. The van der Waals surface area contributed by atoms with Gasteiger partial charge in [0.1, 0.15) is 12.0 Å². The van der Waals surface area contributed by atoms with Crippen LogP contribution in [0.25, 0.3) is 0 Å². The average Bonchev–Trinajstić information content (AvgIpc) is 2.80. The van der Waals surface area contributed by atoms with E-state index in [2.05, 4.69) is 6.92 Å². The van der Waals surface area contributed by atoms with E-state index in [1.165, 1.54) is 83.5 Å². The van der Waals surface area contributed by atoms with Crippen LogP contribution in [-0.2, 0) is 23.9 Å². The molecule has 0 aromatic heterocycles. The van der Waals surface area contributed by atoms with Gasteiger partial charge in [0.25, 0.3) is 0 Å². The maximum absolute atomic E-state index is 13.0. The smallest absolute Gasteiger partial charge is 0.307 e. The first-order chi connectivity index (χ1) is 16.8. The van der Waals surface area contributed by atoms with E-state index in [4.69, 9.17) is 9.47 Å². The minimum absolute atomic E-state index is 0.193. The van der Waals surface area contributed by atoms with Crippen molar-refractivity contribution in [2.24, 2.45) is 0 Å². The molecule has 0 amide bonds. The molecule has 0 saturated heterocycles. The Morgan fingerprint density at radius 3 is 2.03 bits per heavy atom. The van der Waals surface area contributed by atoms with Crippen molar-refractivity contribution in [3.8, 4) is 0 Å². The van der Waals surface area contributed by atoms with E-state index in [0.29, 0.717) is 17.8 Å². The standard InChI is InChI=1S/C29H44O6/c1-4-5-6-7-8-9-10-11-12-13-14-15-16-17-27(32)35-29(3)26(31)20-23-19-24(18-22(2)30)34-21-25(23)28(29)33/h19-22,30H,4-18H2,1-3H3/t22-,29+/m0/s1. The number of hydrogen-bond acceptors (Lipinski definition) is 6. The van der Waals surface area contributed by atoms with Crippen LogP contribution < -0.4 is 0 Å². The van der Waals surface area contributed by atoms with Crippen molar-refractivity contribution >= 4 is 17.5 Å². The molecule has 2 atom stereocenters. The van der Waals surface area contributed by atoms with Crippen molar-refractivity contribution < 1.29 is 29.0 Å². The van der Waals surface area contributed by atoms with Gasteiger partial charge in [-0.3, -0.25) is 14.4 Å². The fourth-order valence-electron chi connectivity index (χ4n) is 4.50. The van der Waals surface area contributed by atoms with Gasteiger partial charge in [-0.15, -0.1) is 0 Å². The number of allylic oxidation sites excluding steroid dienone is 2. The molecule has 6 nitrogen and oxygen atoms in total. The zero-order valence-electron chi connectivity index (χ0n) is 21.9. The van der Waals surface area contributed by atoms with Crippen LogP contribution in [-0.4, -0.2) is 34.3 Å². The SMILES string of the molecule is CCCCCCCCCCCCCCCC(=O)O[C@]1(C)C(=O)C=C2C=C(C[C@H](C)O)OC=C2C1=O. The quantitative estimate of drug-likeness (QED) is 0.144. The molecule has 0 fully saturated rings. The normalized spacial score (nSPS) is 20.4. The number of carbonyl (C=O) groups is 3. The van der Waals surface area contributed by atoms with Crippen LogP contribution in [0.5, 0.6) is 0 Å². The van der Waals surface area contributed by atoms with Crippen molar-refractivity contribution in [3.63, 3.8) is 0 Å². The molecule has 196 valence electrons. The van der Waals surface area contributed by atoms with Crippen LogP contribution in [0.4, 0.5) is 0 Å². The number of rotatable bonds is 17. The Bertz CT molecular complexity index is 819. The summed E-state index contributed by atoms with van der Waals surface area (Å²) in [6.07, 6.45) is 19.8. The highest BCUT2D eigenvalue weighted by Gasteiger charge is 2.49. The molecule has 0 radical (unpaired) electrons. The van der Waals surface area contributed by atoms with Crippen LogP contribution in [0.3, 0.4) is 0 Å². The number of esters is 1. The molecule has 0 saturated carbocycles. The number of ketones is 2. The van der Waals surface area contributed by atoms with Crippen molar-refractivity contribution in [3.05, 3.63) is 35.3 Å². The molecule has 1 aliphatic carbocycles. The molecular formula is C29H44O6. The van der Waals surface area contributed by atoms with Crippen LogP contribution >= 0.6 is 0 Å². The van der Waals surface area contributed by atoms with Crippen LogP contribution in [0.15, 0.2) is 35.3 Å². The second-order valence-corrected chi connectivity index (χ2v) is 10.1. The minimum Gasteiger partial charge on any atom is -0.468 e. The van der Waals surface area contributed by atoms with E-state index in [0.717, 1.165) is 12.8 Å². The van der Waals surface area contributed by atoms with Crippen molar-refractivity contribution in [2.75, 3.05) is 0 Å². The number of aliphatic hydroxyl groups excluding tert-OH is 1. The summed E-state index contributed by atoms with van der Waals surface area (Å²) in [5, 5.41) is 9.53. The van der Waals surface area contributed by atoms with Gasteiger partial charge in [0.2, 0.25) is 17.2 Å². The fourth-order valence-corrected chi connectivity index (χ4v) is 4.50. The molecule has 6 heteroatoms. The summed E-state index contributed by atoms with van der Waals surface area (Å²) in [6, 6.07) is 0. The lowest BCUT2D eigenvalue weighted by molar-refractivity contribution is -0.169. The summed E-state index contributed by atoms with van der Waals surface area (Å²) in [4.78, 5) is 38.1. The number of carbonyl (C=O) groups excluding carboxylic acids is 3. The summed E-state index contributed by atoms with van der Waals surface area (Å²) in [6.45, 7) is 5.22. The monoisotopic (exact) mass is 488 g/mol. The Labute approximate surface area is 210 Å².